The lowest BCUT2D eigenvalue weighted by atomic mass is 9.97. The molecular formula is C14H13NO4. The van der Waals surface area contributed by atoms with E-state index in [1.165, 1.54) is 0 Å². The van der Waals surface area contributed by atoms with Gasteiger partial charge in [0, 0.05) is 30.8 Å². The molecule has 0 saturated carbocycles. The Hall–Kier alpha value is -2.43. The minimum atomic E-state index is -1.16. The van der Waals surface area contributed by atoms with E-state index in [-0.39, 0.29) is 11.7 Å². The van der Waals surface area contributed by atoms with Gasteiger partial charge in [-0.1, -0.05) is 0 Å². The number of aryl methyl sites for hydroxylation is 1. The van der Waals surface area contributed by atoms with Crippen molar-refractivity contribution in [3.8, 4) is 0 Å². The fraction of sp³-hybridized carbons (Fsp3) is 0.214. The van der Waals surface area contributed by atoms with Crippen molar-refractivity contribution in [1.82, 2.24) is 0 Å². The monoisotopic (exact) mass is 259 g/mol. The van der Waals surface area contributed by atoms with Crippen LogP contribution in [-0.4, -0.2) is 29.8 Å². The average Bonchev–Trinajstić information content (AvgIpc) is 2.40. The number of carbonyl (C=O) groups is 3. The Balaban J connectivity index is 2.29. The molecule has 0 unspecified atom stereocenters. The number of ketones is 1. The van der Waals surface area contributed by atoms with E-state index in [9.17, 15) is 14.4 Å². The summed E-state index contributed by atoms with van der Waals surface area (Å²) >= 11 is 0. The largest absolute Gasteiger partial charge is 0.478 e. The number of amides is 1. The Labute approximate surface area is 110 Å². The van der Waals surface area contributed by atoms with Gasteiger partial charge in [0.2, 0.25) is 5.91 Å². The van der Waals surface area contributed by atoms with Gasteiger partial charge in [-0.3, -0.25) is 9.59 Å². The molecule has 0 radical (unpaired) electrons. The van der Waals surface area contributed by atoms with E-state index in [1.807, 2.05) is 0 Å². The normalized spacial score (nSPS) is 14.6. The van der Waals surface area contributed by atoms with Crippen LogP contribution in [0.2, 0.25) is 0 Å². The number of benzene rings is 1. The molecule has 0 saturated heterocycles. The molecule has 1 aromatic rings. The highest BCUT2D eigenvalue weighted by Crippen LogP contribution is 2.27. The SMILES string of the molecule is CN1C(=O)CCc2cc(C(=O)C=CC(=O)O)ccc21. The van der Waals surface area contributed by atoms with Crippen molar-refractivity contribution >= 4 is 23.3 Å². The summed E-state index contributed by atoms with van der Waals surface area (Å²) in [6.07, 6.45) is 2.87. The van der Waals surface area contributed by atoms with Crippen molar-refractivity contribution in [2.24, 2.45) is 0 Å². The fourth-order valence-electron chi connectivity index (χ4n) is 2.05. The predicted octanol–water partition coefficient (Wildman–Crippen LogP) is 1.42. The number of allylic oxidation sites excluding steroid dienone is 1. The highest BCUT2D eigenvalue weighted by Gasteiger charge is 2.21. The third-order valence-corrected chi connectivity index (χ3v) is 3.08. The molecule has 0 spiro atoms. The minimum Gasteiger partial charge on any atom is -0.478 e. The average molecular weight is 259 g/mol. The van der Waals surface area contributed by atoms with E-state index in [0.29, 0.717) is 18.4 Å². The van der Waals surface area contributed by atoms with Crippen LogP contribution >= 0.6 is 0 Å². The third kappa shape index (κ3) is 2.70. The Morgan fingerprint density at radius 1 is 1.26 bits per heavy atom. The maximum absolute atomic E-state index is 11.8. The van der Waals surface area contributed by atoms with Crippen LogP contribution in [0.15, 0.2) is 30.4 Å². The van der Waals surface area contributed by atoms with Gasteiger partial charge in [0.15, 0.2) is 5.78 Å². The maximum Gasteiger partial charge on any atom is 0.328 e. The summed E-state index contributed by atoms with van der Waals surface area (Å²) in [5.41, 5.74) is 2.16. The maximum atomic E-state index is 11.8. The summed E-state index contributed by atoms with van der Waals surface area (Å²) in [7, 11) is 1.70. The van der Waals surface area contributed by atoms with Crippen LogP contribution in [0.4, 0.5) is 5.69 Å². The van der Waals surface area contributed by atoms with Gasteiger partial charge in [-0.2, -0.15) is 0 Å². The van der Waals surface area contributed by atoms with Gasteiger partial charge in [-0.25, -0.2) is 4.79 Å². The minimum absolute atomic E-state index is 0.0531. The van der Waals surface area contributed by atoms with E-state index >= 15 is 0 Å². The highest BCUT2D eigenvalue weighted by atomic mass is 16.4. The third-order valence-electron chi connectivity index (χ3n) is 3.08. The second-order valence-corrected chi connectivity index (χ2v) is 4.33. The number of hydrogen-bond acceptors (Lipinski definition) is 3. The van der Waals surface area contributed by atoms with Crippen LogP contribution < -0.4 is 4.90 Å². The molecule has 1 amide bonds. The van der Waals surface area contributed by atoms with Gasteiger partial charge in [0.05, 0.1) is 0 Å². The number of rotatable bonds is 3. The van der Waals surface area contributed by atoms with Gasteiger partial charge >= 0.3 is 5.97 Å². The summed E-state index contributed by atoms with van der Waals surface area (Å²) in [4.78, 5) is 35.2. The lowest BCUT2D eigenvalue weighted by Gasteiger charge is -2.25. The first-order valence-corrected chi connectivity index (χ1v) is 5.84. The molecule has 2 rings (SSSR count). The molecule has 98 valence electrons. The van der Waals surface area contributed by atoms with Crippen LogP contribution in [0.1, 0.15) is 22.3 Å². The number of carboxylic acids is 1. The quantitative estimate of drug-likeness (QED) is 0.658. The summed E-state index contributed by atoms with van der Waals surface area (Å²) in [6.45, 7) is 0. The van der Waals surface area contributed by atoms with Crippen molar-refractivity contribution in [2.45, 2.75) is 12.8 Å². The molecule has 0 fully saturated rings. The predicted molar refractivity (Wildman–Crippen MR) is 69.3 cm³/mol. The van der Waals surface area contributed by atoms with Crippen LogP contribution in [0.5, 0.6) is 0 Å². The van der Waals surface area contributed by atoms with E-state index in [1.54, 1.807) is 30.1 Å². The molecule has 1 aliphatic heterocycles. The zero-order chi connectivity index (χ0) is 14.0. The van der Waals surface area contributed by atoms with Gasteiger partial charge in [0.1, 0.15) is 0 Å². The molecular weight excluding hydrogens is 246 g/mol. The molecule has 0 aliphatic carbocycles. The van der Waals surface area contributed by atoms with Crippen LogP contribution in [0.3, 0.4) is 0 Å². The Morgan fingerprint density at radius 2 is 2.00 bits per heavy atom. The molecule has 0 aromatic heterocycles. The molecule has 1 aliphatic rings. The standard InChI is InChI=1S/C14H13NO4/c1-15-11-4-2-10(12(16)5-7-14(18)19)8-9(11)3-6-13(15)17/h2,4-5,7-8H,3,6H2,1H3,(H,18,19). The molecule has 5 nitrogen and oxygen atoms in total. The van der Waals surface area contributed by atoms with Crippen molar-refractivity contribution in [1.29, 1.82) is 0 Å². The Bertz CT molecular complexity index is 589. The molecule has 1 heterocycles. The van der Waals surface area contributed by atoms with Crippen LogP contribution in [0, 0.1) is 0 Å². The number of carbonyl (C=O) groups excluding carboxylic acids is 2. The van der Waals surface area contributed by atoms with E-state index in [0.717, 1.165) is 23.4 Å². The van der Waals surface area contributed by atoms with Gasteiger partial charge in [0.25, 0.3) is 0 Å². The van der Waals surface area contributed by atoms with Crippen molar-refractivity contribution in [3.05, 3.63) is 41.5 Å². The molecule has 19 heavy (non-hydrogen) atoms. The first-order valence-electron chi connectivity index (χ1n) is 5.84. The number of fused-ring (bicyclic) bond motifs is 1. The topological polar surface area (TPSA) is 74.7 Å². The number of anilines is 1. The zero-order valence-corrected chi connectivity index (χ0v) is 10.4. The summed E-state index contributed by atoms with van der Waals surface area (Å²) in [5, 5.41) is 8.48. The summed E-state index contributed by atoms with van der Waals surface area (Å²) < 4.78 is 0. The first kappa shape index (κ1) is 13.0. The Kier molecular flexibility index (Phi) is 3.46. The summed E-state index contributed by atoms with van der Waals surface area (Å²) in [5.74, 6) is -1.46. The number of carboxylic acid groups (broad SMARTS) is 1. The molecule has 0 bridgehead atoms. The van der Waals surface area contributed by atoms with Gasteiger partial charge in [-0.15, -0.1) is 0 Å². The number of nitrogens with zero attached hydrogens (tertiary/aromatic N) is 1. The fourth-order valence-corrected chi connectivity index (χ4v) is 2.05. The van der Waals surface area contributed by atoms with Crippen molar-refractivity contribution in [2.75, 3.05) is 11.9 Å². The molecule has 5 heteroatoms. The first-order chi connectivity index (χ1) is 8.99. The smallest absolute Gasteiger partial charge is 0.328 e. The lowest BCUT2D eigenvalue weighted by Crippen LogP contribution is -2.31. The summed E-state index contributed by atoms with van der Waals surface area (Å²) in [6, 6.07) is 5.03. The lowest BCUT2D eigenvalue weighted by molar-refractivity contribution is -0.131. The zero-order valence-electron chi connectivity index (χ0n) is 10.4. The van der Waals surface area contributed by atoms with Gasteiger partial charge in [-0.05, 0) is 36.3 Å². The molecule has 1 N–H and O–H groups in total. The molecule has 1 aromatic carbocycles. The van der Waals surface area contributed by atoms with E-state index in [4.69, 9.17) is 5.11 Å². The number of aliphatic carboxylic acids is 1. The second kappa shape index (κ2) is 5.06. The highest BCUT2D eigenvalue weighted by molar-refractivity contribution is 6.07. The van der Waals surface area contributed by atoms with Crippen LogP contribution in [-0.2, 0) is 16.0 Å². The number of hydrogen-bond donors (Lipinski definition) is 1. The van der Waals surface area contributed by atoms with Crippen molar-refractivity contribution in [3.63, 3.8) is 0 Å². The Morgan fingerprint density at radius 3 is 2.68 bits per heavy atom. The van der Waals surface area contributed by atoms with E-state index in [2.05, 4.69) is 0 Å². The van der Waals surface area contributed by atoms with E-state index < -0.39 is 5.97 Å². The molecule has 0 atom stereocenters. The van der Waals surface area contributed by atoms with Crippen molar-refractivity contribution < 1.29 is 19.5 Å². The van der Waals surface area contributed by atoms with Gasteiger partial charge < -0.3 is 10.0 Å². The second-order valence-electron chi connectivity index (χ2n) is 4.33. The van der Waals surface area contributed by atoms with Crippen LogP contribution in [0.25, 0.3) is 0 Å².